The molecule has 7 nitrogen and oxygen atoms in total. The molecular weight excluding hydrogens is 306 g/mol. The molecule has 1 N–H and O–H groups in total. The third-order valence-electron chi connectivity index (χ3n) is 3.02. The number of ether oxygens (including phenoxy) is 1. The van der Waals surface area contributed by atoms with E-state index in [1.165, 1.54) is 19.2 Å². The molecule has 1 aliphatic rings. The number of carboxylic acid groups (broad SMARTS) is 1. The lowest BCUT2D eigenvalue weighted by Crippen LogP contribution is -2.40. The minimum Gasteiger partial charge on any atom is -0.480 e. The summed E-state index contributed by atoms with van der Waals surface area (Å²) in [5.41, 5.74) is 0. The Hall–Kier alpha value is -1.45. The molecule has 1 atom stereocenters. The minimum atomic E-state index is -3.89. The molecular formula is C11H13NO6S2. The Morgan fingerprint density at radius 2 is 2.15 bits per heavy atom. The van der Waals surface area contributed by atoms with Crippen molar-refractivity contribution in [3.8, 4) is 0 Å². The topological polar surface area (TPSA) is 101 Å². The van der Waals surface area contributed by atoms with Crippen molar-refractivity contribution in [2.24, 2.45) is 0 Å². The van der Waals surface area contributed by atoms with Crippen LogP contribution in [0.1, 0.15) is 22.5 Å². The highest BCUT2D eigenvalue weighted by molar-refractivity contribution is 7.91. The van der Waals surface area contributed by atoms with E-state index >= 15 is 0 Å². The van der Waals surface area contributed by atoms with Gasteiger partial charge in [-0.2, -0.15) is 4.31 Å². The van der Waals surface area contributed by atoms with Crippen LogP contribution in [0.25, 0.3) is 0 Å². The van der Waals surface area contributed by atoms with Crippen LogP contribution in [-0.2, 0) is 19.6 Å². The standard InChI is InChI=1S/C11H13NO6S2/c1-18-11(15)8-4-5-9(19-8)20(16,17)12-6-2-3-7(12)10(13)14/h4-5,7H,2-3,6H2,1H3,(H,13,14). The van der Waals surface area contributed by atoms with Crippen molar-refractivity contribution in [3.63, 3.8) is 0 Å². The Balaban J connectivity index is 2.33. The van der Waals surface area contributed by atoms with Crippen molar-refractivity contribution in [2.45, 2.75) is 23.1 Å². The fourth-order valence-corrected chi connectivity index (χ4v) is 5.06. The van der Waals surface area contributed by atoms with Gasteiger partial charge in [-0.1, -0.05) is 0 Å². The van der Waals surface area contributed by atoms with Crippen LogP contribution in [0, 0.1) is 0 Å². The third kappa shape index (κ3) is 2.56. The van der Waals surface area contributed by atoms with Crippen LogP contribution in [0.2, 0.25) is 0 Å². The molecule has 2 heterocycles. The van der Waals surface area contributed by atoms with Crippen molar-refractivity contribution in [1.29, 1.82) is 0 Å². The summed E-state index contributed by atoms with van der Waals surface area (Å²) in [4.78, 5) is 22.6. The molecule has 1 unspecified atom stereocenters. The Morgan fingerprint density at radius 1 is 1.45 bits per heavy atom. The zero-order chi connectivity index (χ0) is 14.9. The van der Waals surface area contributed by atoms with Gasteiger partial charge in [-0.3, -0.25) is 4.79 Å². The Bertz CT molecular complexity index is 635. The second-order valence-electron chi connectivity index (χ2n) is 4.22. The van der Waals surface area contributed by atoms with Crippen LogP contribution in [0.5, 0.6) is 0 Å². The van der Waals surface area contributed by atoms with Gasteiger partial charge >= 0.3 is 11.9 Å². The average Bonchev–Trinajstić information content (AvgIpc) is 3.06. The summed E-state index contributed by atoms with van der Waals surface area (Å²) < 4.78 is 30.2. The number of rotatable bonds is 4. The first-order valence-electron chi connectivity index (χ1n) is 5.80. The van der Waals surface area contributed by atoms with E-state index in [1.54, 1.807) is 0 Å². The van der Waals surface area contributed by atoms with Crippen molar-refractivity contribution in [3.05, 3.63) is 17.0 Å². The molecule has 20 heavy (non-hydrogen) atoms. The number of aliphatic carboxylic acids is 1. The van der Waals surface area contributed by atoms with Crippen LogP contribution in [-0.4, -0.2) is 49.5 Å². The molecule has 1 aliphatic heterocycles. The number of hydrogen-bond donors (Lipinski definition) is 1. The molecule has 2 rings (SSSR count). The lowest BCUT2D eigenvalue weighted by Gasteiger charge is -2.19. The Kier molecular flexibility index (Phi) is 4.11. The van der Waals surface area contributed by atoms with Gasteiger partial charge in [0.25, 0.3) is 10.0 Å². The van der Waals surface area contributed by atoms with Gasteiger partial charge in [-0.15, -0.1) is 11.3 Å². The van der Waals surface area contributed by atoms with Crippen LogP contribution < -0.4 is 0 Å². The van der Waals surface area contributed by atoms with Crippen LogP contribution in [0.3, 0.4) is 0 Å². The quantitative estimate of drug-likeness (QED) is 0.823. The van der Waals surface area contributed by atoms with Gasteiger partial charge in [0.15, 0.2) is 0 Å². The summed E-state index contributed by atoms with van der Waals surface area (Å²) in [6, 6.07) is 1.61. The fourth-order valence-electron chi connectivity index (χ4n) is 2.06. The van der Waals surface area contributed by atoms with Crippen molar-refractivity contribution in [2.75, 3.05) is 13.7 Å². The van der Waals surface area contributed by atoms with Gasteiger partial charge in [0.2, 0.25) is 0 Å². The van der Waals surface area contributed by atoms with Gasteiger partial charge in [0, 0.05) is 6.54 Å². The first kappa shape index (κ1) is 14.9. The molecule has 0 amide bonds. The number of esters is 1. The summed E-state index contributed by atoms with van der Waals surface area (Å²) in [5.74, 6) is -1.77. The zero-order valence-electron chi connectivity index (χ0n) is 10.6. The maximum absolute atomic E-state index is 12.4. The largest absolute Gasteiger partial charge is 0.480 e. The molecule has 0 spiro atoms. The molecule has 110 valence electrons. The van der Waals surface area contributed by atoms with Gasteiger partial charge < -0.3 is 9.84 Å². The van der Waals surface area contributed by atoms with Gasteiger partial charge in [0.1, 0.15) is 15.1 Å². The number of carbonyl (C=O) groups excluding carboxylic acids is 1. The summed E-state index contributed by atoms with van der Waals surface area (Å²) in [6.45, 7) is 0.171. The highest BCUT2D eigenvalue weighted by atomic mass is 32.2. The normalized spacial score (nSPS) is 19.9. The third-order valence-corrected chi connectivity index (χ3v) is 6.46. The highest BCUT2D eigenvalue weighted by Crippen LogP contribution is 2.30. The monoisotopic (exact) mass is 319 g/mol. The maximum Gasteiger partial charge on any atom is 0.348 e. The number of thiophene rings is 1. The first-order valence-corrected chi connectivity index (χ1v) is 8.06. The van der Waals surface area contributed by atoms with E-state index in [9.17, 15) is 18.0 Å². The van der Waals surface area contributed by atoms with Crippen LogP contribution in [0.4, 0.5) is 0 Å². The van der Waals surface area contributed by atoms with Gasteiger partial charge in [-0.05, 0) is 25.0 Å². The lowest BCUT2D eigenvalue weighted by atomic mass is 10.2. The molecule has 1 aromatic rings. The second kappa shape index (κ2) is 5.51. The van der Waals surface area contributed by atoms with Crippen molar-refractivity contribution >= 4 is 33.3 Å². The lowest BCUT2D eigenvalue weighted by molar-refractivity contribution is -0.140. The number of sulfonamides is 1. The highest BCUT2D eigenvalue weighted by Gasteiger charge is 2.40. The molecule has 0 bridgehead atoms. The average molecular weight is 319 g/mol. The molecule has 1 aromatic heterocycles. The summed E-state index contributed by atoms with van der Waals surface area (Å²) in [7, 11) is -2.69. The molecule has 0 saturated carbocycles. The number of nitrogens with zero attached hydrogens (tertiary/aromatic N) is 1. The van der Waals surface area contributed by atoms with Gasteiger partial charge in [0.05, 0.1) is 7.11 Å². The van der Waals surface area contributed by atoms with Gasteiger partial charge in [-0.25, -0.2) is 13.2 Å². The van der Waals surface area contributed by atoms with Crippen molar-refractivity contribution in [1.82, 2.24) is 4.31 Å². The van der Waals surface area contributed by atoms with E-state index in [0.717, 1.165) is 15.6 Å². The number of carboxylic acids is 1. The van der Waals surface area contributed by atoms with Crippen LogP contribution in [0.15, 0.2) is 16.3 Å². The van der Waals surface area contributed by atoms with Crippen LogP contribution >= 0.6 is 11.3 Å². The Labute approximate surface area is 119 Å². The summed E-state index contributed by atoms with van der Waals surface area (Å²) >= 11 is 0.776. The number of methoxy groups -OCH3 is 1. The molecule has 1 fully saturated rings. The molecule has 1 saturated heterocycles. The van der Waals surface area contributed by atoms with E-state index < -0.39 is 28.0 Å². The first-order chi connectivity index (χ1) is 9.37. The smallest absolute Gasteiger partial charge is 0.348 e. The molecule has 9 heteroatoms. The van der Waals surface area contributed by atoms with E-state index in [0.29, 0.717) is 12.8 Å². The summed E-state index contributed by atoms with van der Waals surface area (Å²) in [6.07, 6.45) is 0.801. The van der Waals surface area contributed by atoms with E-state index in [4.69, 9.17) is 5.11 Å². The van der Waals surface area contributed by atoms with E-state index in [2.05, 4.69) is 4.74 Å². The molecule has 0 aromatic carbocycles. The second-order valence-corrected chi connectivity index (χ2v) is 7.42. The van der Waals surface area contributed by atoms with Crippen molar-refractivity contribution < 1.29 is 27.9 Å². The predicted molar refractivity (Wildman–Crippen MR) is 70.2 cm³/mol. The van der Waals surface area contributed by atoms with E-state index in [-0.39, 0.29) is 15.6 Å². The maximum atomic E-state index is 12.4. The molecule has 0 radical (unpaired) electrons. The summed E-state index contributed by atoms with van der Waals surface area (Å²) in [5, 5.41) is 9.05. The number of hydrogen-bond acceptors (Lipinski definition) is 6. The SMILES string of the molecule is COC(=O)c1ccc(S(=O)(=O)N2CCCC2C(=O)O)s1. The zero-order valence-corrected chi connectivity index (χ0v) is 12.2. The minimum absolute atomic E-state index is 0.0500. The Morgan fingerprint density at radius 3 is 2.75 bits per heavy atom. The predicted octanol–water partition coefficient (Wildman–Crippen LogP) is 0.772. The van der Waals surface area contributed by atoms with E-state index in [1.807, 2.05) is 0 Å². The fraction of sp³-hybridized carbons (Fsp3) is 0.455. The molecule has 0 aliphatic carbocycles. The number of carbonyl (C=O) groups is 2.